The molecule has 0 spiro atoms. The summed E-state index contributed by atoms with van der Waals surface area (Å²) in [7, 11) is 0. The first kappa shape index (κ1) is 15.5. The number of aromatic amines is 1. The summed E-state index contributed by atoms with van der Waals surface area (Å²) in [6, 6.07) is 12.5. The Hall–Kier alpha value is -2.70. The molecule has 0 radical (unpaired) electrons. The molecule has 0 unspecified atom stereocenters. The van der Waals surface area contributed by atoms with Crippen molar-refractivity contribution in [2.45, 2.75) is 0 Å². The Balaban J connectivity index is 1.54. The standard InChI is InChI=1S/C20H18N4OS/c1-2-4-14(5-3-1)15-10-16-17(12-22-19(16)21-11-15)18-13-26-20(23-18)24-6-8-25-9-7-24/h1-5,10-13H,6-9H2,(H,21,22). The monoisotopic (exact) mass is 362 g/mol. The number of thiazole rings is 1. The number of hydrogen-bond donors (Lipinski definition) is 1. The molecule has 1 N–H and O–H groups in total. The predicted octanol–water partition coefficient (Wildman–Crippen LogP) is 4.19. The van der Waals surface area contributed by atoms with Gasteiger partial charge in [-0.05, 0) is 11.6 Å². The number of pyridine rings is 1. The van der Waals surface area contributed by atoms with E-state index in [1.165, 1.54) is 5.56 Å². The van der Waals surface area contributed by atoms with Gasteiger partial charge in [-0.1, -0.05) is 30.3 Å². The van der Waals surface area contributed by atoms with Gasteiger partial charge < -0.3 is 14.6 Å². The van der Waals surface area contributed by atoms with Crippen molar-refractivity contribution < 1.29 is 4.74 Å². The maximum absolute atomic E-state index is 5.44. The minimum atomic E-state index is 0.770. The van der Waals surface area contributed by atoms with Crippen LogP contribution in [0.1, 0.15) is 0 Å². The molecule has 1 fully saturated rings. The number of H-pyrrole nitrogens is 1. The number of rotatable bonds is 3. The second kappa shape index (κ2) is 6.55. The molecule has 5 nitrogen and oxygen atoms in total. The third-order valence-electron chi connectivity index (χ3n) is 4.69. The number of morpholine rings is 1. The maximum Gasteiger partial charge on any atom is 0.186 e. The Bertz CT molecular complexity index is 1030. The van der Waals surface area contributed by atoms with Gasteiger partial charge in [0.1, 0.15) is 5.65 Å². The van der Waals surface area contributed by atoms with Gasteiger partial charge in [0.05, 0.1) is 18.9 Å². The van der Waals surface area contributed by atoms with Crippen molar-refractivity contribution in [2.24, 2.45) is 0 Å². The molecule has 1 aromatic carbocycles. The summed E-state index contributed by atoms with van der Waals surface area (Å²) in [5, 5.41) is 4.29. The fraction of sp³-hybridized carbons (Fsp3) is 0.200. The summed E-state index contributed by atoms with van der Waals surface area (Å²) in [5.74, 6) is 0. The molecule has 4 aromatic rings. The lowest BCUT2D eigenvalue weighted by Crippen LogP contribution is -2.36. The van der Waals surface area contributed by atoms with Gasteiger partial charge in [0.15, 0.2) is 5.13 Å². The molecule has 26 heavy (non-hydrogen) atoms. The van der Waals surface area contributed by atoms with E-state index in [2.05, 4.69) is 38.4 Å². The molecule has 0 bridgehead atoms. The number of aromatic nitrogens is 3. The zero-order valence-electron chi connectivity index (χ0n) is 14.2. The van der Waals surface area contributed by atoms with E-state index in [1.54, 1.807) is 11.3 Å². The fourth-order valence-electron chi connectivity index (χ4n) is 3.29. The summed E-state index contributed by atoms with van der Waals surface area (Å²) >= 11 is 1.69. The molecular weight excluding hydrogens is 344 g/mol. The van der Waals surface area contributed by atoms with Crippen LogP contribution in [0.25, 0.3) is 33.4 Å². The van der Waals surface area contributed by atoms with Crippen LogP contribution in [0.4, 0.5) is 5.13 Å². The molecule has 130 valence electrons. The first-order valence-electron chi connectivity index (χ1n) is 8.69. The van der Waals surface area contributed by atoms with Gasteiger partial charge in [0.2, 0.25) is 0 Å². The Kier molecular flexibility index (Phi) is 3.92. The lowest BCUT2D eigenvalue weighted by Gasteiger charge is -2.25. The van der Waals surface area contributed by atoms with Crippen LogP contribution in [0.2, 0.25) is 0 Å². The largest absolute Gasteiger partial charge is 0.378 e. The number of nitrogens with zero attached hydrogens (tertiary/aromatic N) is 3. The van der Waals surface area contributed by atoms with E-state index in [-0.39, 0.29) is 0 Å². The molecule has 0 atom stereocenters. The molecular formula is C20H18N4OS. The van der Waals surface area contributed by atoms with E-state index in [0.29, 0.717) is 0 Å². The number of hydrogen-bond acceptors (Lipinski definition) is 5. The number of nitrogens with one attached hydrogen (secondary N) is 1. The molecule has 4 heterocycles. The molecule has 0 amide bonds. The lowest BCUT2D eigenvalue weighted by atomic mass is 10.1. The van der Waals surface area contributed by atoms with Crippen LogP contribution in [-0.4, -0.2) is 41.3 Å². The third kappa shape index (κ3) is 2.77. The third-order valence-corrected chi connectivity index (χ3v) is 5.59. The van der Waals surface area contributed by atoms with E-state index in [9.17, 15) is 0 Å². The molecule has 3 aromatic heterocycles. The summed E-state index contributed by atoms with van der Waals surface area (Å²) in [4.78, 5) is 15.0. The zero-order valence-corrected chi connectivity index (χ0v) is 15.0. The van der Waals surface area contributed by atoms with Crippen LogP contribution >= 0.6 is 11.3 Å². The fourth-order valence-corrected chi connectivity index (χ4v) is 4.17. The second-order valence-corrected chi connectivity index (χ2v) is 7.14. The molecule has 5 rings (SSSR count). The highest BCUT2D eigenvalue weighted by molar-refractivity contribution is 7.14. The van der Waals surface area contributed by atoms with Crippen LogP contribution in [0, 0.1) is 0 Å². The molecule has 1 saturated heterocycles. The molecule has 6 heteroatoms. The van der Waals surface area contributed by atoms with Crippen molar-refractivity contribution in [3.63, 3.8) is 0 Å². The number of anilines is 1. The van der Waals surface area contributed by atoms with Crippen molar-refractivity contribution in [3.8, 4) is 22.4 Å². The van der Waals surface area contributed by atoms with Gasteiger partial charge in [-0.3, -0.25) is 0 Å². The first-order chi connectivity index (χ1) is 12.9. The van der Waals surface area contributed by atoms with Gasteiger partial charge in [0, 0.05) is 47.4 Å². The normalized spacial score (nSPS) is 14.8. The zero-order chi connectivity index (χ0) is 17.3. The summed E-state index contributed by atoms with van der Waals surface area (Å²) in [6.07, 6.45) is 3.92. The average Bonchev–Trinajstić information content (AvgIpc) is 3.36. The predicted molar refractivity (Wildman–Crippen MR) is 106 cm³/mol. The van der Waals surface area contributed by atoms with Crippen LogP contribution in [-0.2, 0) is 4.74 Å². The van der Waals surface area contributed by atoms with Crippen molar-refractivity contribution in [2.75, 3.05) is 31.2 Å². The Labute approximate surface area is 155 Å². The highest BCUT2D eigenvalue weighted by Crippen LogP contribution is 2.33. The van der Waals surface area contributed by atoms with E-state index < -0.39 is 0 Å². The van der Waals surface area contributed by atoms with Crippen LogP contribution < -0.4 is 4.90 Å². The number of ether oxygens (including phenoxy) is 1. The van der Waals surface area contributed by atoms with E-state index in [0.717, 1.165) is 59.3 Å². The smallest absolute Gasteiger partial charge is 0.186 e. The Morgan fingerprint density at radius 2 is 1.92 bits per heavy atom. The molecule has 0 aliphatic carbocycles. The van der Waals surface area contributed by atoms with Crippen LogP contribution in [0.15, 0.2) is 54.2 Å². The van der Waals surface area contributed by atoms with Crippen molar-refractivity contribution in [1.82, 2.24) is 15.0 Å². The Morgan fingerprint density at radius 3 is 2.77 bits per heavy atom. The summed E-state index contributed by atoms with van der Waals surface area (Å²) in [5.41, 5.74) is 5.26. The first-order valence-corrected chi connectivity index (χ1v) is 9.57. The number of fused-ring (bicyclic) bond motifs is 1. The SMILES string of the molecule is c1ccc(-c2cnc3[nH]cc(-c4csc(N5CCOCC5)n4)c3c2)cc1. The van der Waals surface area contributed by atoms with Gasteiger partial charge in [-0.15, -0.1) is 11.3 Å². The molecule has 0 saturated carbocycles. The van der Waals surface area contributed by atoms with Crippen molar-refractivity contribution in [1.29, 1.82) is 0 Å². The topological polar surface area (TPSA) is 54.0 Å². The highest BCUT2D eigenvalue weighted by Gasteiger charge is 2.17. The molecule has 1 aliphatic rings. The van der Waals surface area contributed by atoms with Gasteiger partial charge in [-0.2, -0.15) is 0 Å². The quantitative estimate of drug-likeness (QED) is 0.594. The van der Waals surface area contributed by atoms with Gasteiger partial charge >= 0.3 is 0 Å². The summed E-state index contributed by atoms with van der Waals surface area (Å²) in [6.45, 7) is 3.35. The summed E-state index contributed by atoms with van der Waals surface area (Å²) < 4.78 is 5.44. The van der Waals surface area contributed by atoms with E-state index in [1.807, 2.05) is 30.6 Å². The van der Waals surface area contributed by atoms with Gasteiger partial charge in [0.25, 0.3) is 0 Å². The minimum Gasteiger partial charge on any atom is -0.378 e. The van der Waals surface area contributed by atoms with E-state index >= 15 is 0 Å². The average molecular weight is 362 g/mol. The minimum absolute atomic E-state index is 0.770. The maximum atomic E-state index is 5.44. The second-order valence-electron chi connectivity index (χ2n) is 6.30. The van der Waals surface area contributed by atoms with Crippen LogP contribution in [0.3, 0.4) is 0 Å². The lowest BCUT2D eigenvalue weighted by molar-refractivity contribution is 0.122. The highest BCUT2D eigenvalue weighted by atomic mass is 32.1. The molecule has 1 aliphatic heterocycles. The van der Waals surface area contributed by atoms with Gasteiger partial charge in [-0.25, -0.2) is 9.97 Å². The van der Waals surface area contributed by atoms with Crippen molar-refractivity contribution >= 4 is 27.5 Å². The van der Waals surface area contributed by atoms with Crippen molar-refractivity contribution in [3.05, 3.63) is 54.2 Å². The van der Waals surface area contributed by atoms with Crippen LogP contribution in [0.5, 0.6) is 0 Å². The Morgan fingerprint density at radius 1 is 1.08 bits per heavy atom. The number of benzene rings is 1. The van der Waals surface area contributed by atoms with E-state index in [4.69, 9.17) is 9.72 Å².